The monoisotopic (exact) mass is 382 g/mol. The molecular weight excluding hydrogens is 364 g/mol. The van der Waals surface area contributed by atoms with E-state index >= 15 is 0 Å². The number of rotatable bonds is 3. The fraction of sp³-hybridized carbons (Fsp3) is 0.250. The van der Waals surface area contributed by atoms with Crippen LogP contribution in [0.5, 0.6) is 0 Å². The second kappa shape index (κ2) is 7.08. The molecule has 2 aromatic rings. The van der Waals surface area contributed by atoms with Crippen LogP contribution in [0, 0.1) is 0 Å². The molecule has 4 rings (SSSR count). The Kier molecular flexibility index (Phi) is 4.61. The Morgan fingerprint density at radius 2 is 2.07 bits per heavy atom. The quantitative estimate of drug-likeness (QED) is 0.826. The number of esters is 1. The van der Waals surface area contributed by atoms with E-state index in [2.05, 4.69) is 5.32 Å². The predicted molar refractivity (Wildman–Crippen MR) is 103 cm³/mol. The molecule has 2 heterocycles. The highest BCUT2D eigenvalue weighted by molar-refractivity contribution is 8.00. The van der Waals surface area contributed by atoms with E-state index in [1.807, 2.05) is 31.2 Å². The summed E-state index contributed by atoms with van der Waals surface area (Å²) in [6.07, 6.45) is 0.802. The van der Waals surface area contributed by atoms with Gasteiger partial charge in [0.15, 0.2) is 6.61 Å². The second-order valence-corrected chi connectivity index (χ2v) is 7.84. The standard InChI is InChI=1S/C20H18N2O4S/c1-12-19(24)21-15-10-14(6-7-17(15)27-12)20(25)26-11-18(23)22-9-8-13-4-2-3-5-16(13)22/h2-7,10,12H,8-9,11H2,1H3,(H,21,24). The highest BCUT2D eigenvalue weighted by Crippen LogP contribution is 2.36. The van der Waals surface area contributed by atoms with Gasteiger partial charge in [-0.1, -0.05) is 18.2 Å². The topological polar surface area (TPSA) is 75.7 Å². The summed E-state index contributed by atoms with van der Waals surface area (Å²) in [6, 6.07) is 12.7. The van der Waals surface area contributed by atoms with Crippen LogP contribution >= 0.6 is 11.8 Å². The Morgan fingerprint density at radius 3 is 2.93 bits per heavy atom. The Balaban J connectivity index is 1.41. The summed E-state index contributed by atoms with van der Waals surface area (Å²) in [5.41, 5.74) is 2.90. The molecule has 0 spiro atoms. The number of amides is 2. The normalized spacial score (nSPS) is 17.7. The molecule has 2 aromatic carbocycles. The number of anilines is 2. The fourth-order valence-electron chi connectivity index (χ4n) is 3.22. The van der Waals surface area contributed by atoms with Crippen LogP contribution in [0.1, 0.15) is 22.8 Å². The lowest BCUT2D eigenvalue weighted by Gasteiger charge is -2.21. The Morgan fingerprint density at radius 1 is 1.26 bits per heavy atom. The van der Waals surface area contributed by atoms with Crippen LogP contribution in [0.4, 0.5) is 11.4 Å². The fourth-order valence-corrected chi connectivity index (χ4v) is 4.15. The van der Waals surface area contributed by atoms with Crippen molar-refractivity contribution in [1.29, 1.82) is 0 Å². The number of hydrogen-bond acceptors (Lipinski definition) is 5. The third-order valence-corrected chi connectivity index (χ3v) is 5.84. The molecule has 2 aliphatic heterocycles. The molecule has 0 saturated carbocycles. The van der Waals surface area contributed by atoms with Crippen LogP contribution in [0.25, 0.3) is 0 Å². The molecule has 1 N–H and O–H groups in total. The molecule has 1 unspecified atom stereocenters. The van der Waals surface area contributed by atoms with Crippen LogP contribution in [0.2, 0.25) is 0 Å². The Bertz CT molecular complexity index is 943. The van der Waals surface area contributed by atoms with Gasteiger partial charge in [0.2, 0.25) is 5.91 Å². The van der Waals surface area contributed by atoms with Crippen LogP contribution in [0.3, 0.4) is 0 Å². The summed E-state index contributed by atoms with van der Waals surface area (Å²) in [4.78, 5) is 39.1. The van der Waals surface area contributed by atoms with Gasteiger partial charge in [0.05, 0.1) is 16.5 Å². The number of para-hydroxylation sites is 1. The van der Waals surface area contributed by atoms with Gasteiger partial charge in [-0.3, -0.25) is 9.59 Å². The van der Waals surface area contributed by atoms with Crippen LogP contribution in [-0.2, 0) is 20.7 Å². The molecule has 1 atom stereocenters. The molecule has 0 radical (unpaired) electrons. The van der Waals surface area contributed by atoms with E-state index in [1.165, 1.54) is 11.8 Å². The van der Waals surface area contributed by atoms with Crippen LogP contribution in [-0.4, -0.2) is 36.2 Å². The van der Waals surface area contributed by atoms with E-state index in [1.54, 1.807) is 23.1 Å². The van der Waals surface area contributed by atoms with E-state index in [9.17, 15) is 14.4 Å². The molecule has 2 aliphatic rings. The Hall–Kier alpha value is -2.80. The van der Waals surface area contributed by atoms with Gasteiger partial charge >= 0.3 is 5.97 Å². The average Bonchev–Trinajstić information content (AvgIpc) is 3.10. The van der Waals surface area contributed by atoms with Crippen molar-refractivity contribution in [2.75, 3.05) is 23.4 Å². The summed E-state index contributed by atoms with van der Waals surface area (Å²) in [6.45, 7) is 2.10. The highest BCUT2D eigenvalue weighted by atomic mass is 32.2. The number of nitrogens with zero attached hydrogens (tertiary/aromatic N) is 1. The van der Waals surface area contributed by atoms with Crippen molar-refractivity contribution >= 4 is 40.9 Å². The SMILES string of the molecule is CC1Sc2ccc(C(=O)OCC(=O)N3CCc4ccccc43)cc2NC1=O. The summed E-state index contributed by atoms with van der Waals surface area (Å²) in [7, 11) is 0. The van der Waals surface area contributed by atoms with E-state index < -0.39 is 5.97 Å². The maximum atomic E-state index is 12.4. The molecule has 27 heavy (non-hydrogen) atoms. The van der Waals surface area contributed by atoms with Crippen molar-refractivity contribution in [3.05, 3.63) is 53.6 Å². The maximum absolute atomic E-state index is 12.4. The molecule has 0 aromatic heterocycles. The molecule has 7 heteroatoms. The van der Waals surface area contributed by atoms with Crippen molar-refractivity contribution in [2.45, 2.75) is 23.5 Å². The van der Waals surface area contributed by atoms with Gasteiger partial charge in [-0.05, 0) is 43.2 Å². The van der Waals surface area contributed by atoms with Crippen LogP contribution in [0.15, 0.2) is 47.4 Å². The van der Waals surface area contributed by atoms with Gasteiger partial charge in [-0.2, -0.15) is 0 Å². The van der Waals surface area contributed by atoms with Gasteiger partial charge in [-0.15, -0.1) is 11.8 Å². The second-order valence-electron chi connectivity index (χ2n) is 6.46. The lowest BCUT2D eigenvalue weighted by molar-refractivity contribution is -0.121. The first-order valence-electron chi connectivity index (χ1n) is 8.70. The van der Waals surface area contributed by atoms with E-state index in [-0.39, 0.29) is 23.7 Å². The molecule has 6 nitrogen and oxygen atoms in total. The number of benzene rings is 2. The van der Waals surface area contributed by atoms with E-state index in [4.69, 9.17) is 4.74 Å². The minimum Gasteiger partial charge on any atom is -0.452 e. The highest BCUT2D eigenvalue weighted by Gasteiger charge is 2.26. The summed E-state index contributed by atoms with van der Waals surface area (Å²) in [5.74, 6) is -0.929. The average molecular weight is 382 g/mol. The number of nitrogens with one attached hydrogen (secondary N) is 1. The number of hydrogen-bond donors (Lipinski definition) is 1. The molecule has 138 valence electrons. The molecule has 0 saturated heterocycles. The van der Waals surface area contributed by atoms with Crippen molar-refractivity contribution in [3.63, 3.8) is 0 Å². The number of fused-ring (bicyclic) bond motifs is 2. The predicted octanol–water partition coefficient (Wildman–Crippen LogP) is 2.87. The third kappa shape index (κ3) is 3.42. The first kappa shape index (κ1) is 17.6. The van der Waals surface area contributed by atoms with Gasteiger partial charge in [-0.25, -0.2) is 4.79 Å². The lowest BCUT2D eigenvalue weighted by atomic mass is 10.2. The number of carbonyl (C=O) groups is 3. The Labute approximate surface area is 160 Å². The third-order valence-electron chi connectivity index (χ3n) is 4.66. The zero-order valence-electron chi connectivity index (χ0n) is 14.7. The minimum atomic E-state index is -0.587. The molecule has 2 amide bonds. The number of thioether (sulfide) groups is 1. The molecule has 0 bridgehead atoms. The largest absolute Gasteiger partial charge is 0.452 e. The zero-order valence-corrected chi connectivity index (χ0v) is 15.5. The summed E-state index contributed by atoms with van der Waals surface area (Å²) < 4.78 is 5.21. The number of carbonyl (C=O) groups excluding carboxylic acids is 3. The van der Waals surface area contributed by atoms with Gasteiger partial charge in [0.25, 0.3) is 5.91 Å². The first-order valence-corrected chi connectivity index (χ1v) is 9.58. The van der Waals surface area contributed by atoms with Crippen LogP contribution < -0.4 is 10.2 Å². The van der Waals surface area contributed by atoms with Crippen molar-refractivity contribution in [3.8, 4) is 0 Å². The van der Waals surface area contributed by atoms with E-state index in [0.29, 0.717) is 17.8 Å². The van der Waals surface area contributed by atoms with Gasteiger partial charge in [0, 0.05) is 17.1 Å². The van der Waals surface area contributed by atoms with Crippen molar-refractivity contribution in [2.24, 2.45) is 0 Å². The van der Waals surface area contributed by atoms with E-state index in [0.717, 1.165) is 22.6 Å². The molecule has 0 fully saturated rings. The van der Waals surface area contributed by atoms with Crippen molar-refractivity contribution < 1.29 is 19.1 Å². The summed E-state index contributed by atoms with van der Waals surface area (Å²) in [5, 5.41) is 2.61. The molecular formula is C20H18N2O4S. The van der Waals surface area contributed by atoms with Gasteiger partial charge in [0.1, 0.15) is 0 Å². The smallest absolute Gasteiger partial charge is 0.338 e. The first-order chi connectivity index (χ1) is 13.0. The minimum absolute atomic E-state index is 0.0964. The lowest BCUT2D eigenvalue weighted by Crippen LogP contribution is -2.33. The number of ether oxygens (including phenoxy) is 1. The molecule has 0 aliphatic carbocycles. The van der Waals surface area contributed by atoms with Gasteiger partial charge < -0.3 is 15.0 Å². The maximum Gasteiger partial charge on any atom is 0.338 e. The zero-order chi connectivity index (χ0) is 19.0. The summed E-state index contributed by atoms with van der Waals surface area (Å²) >= 11 is 1.44. The van der Waals surface area contributed by atoms with Crippen molar-refractivity contribution in [1.82, 2.24) is 0 Å².